The molecule has 1 aromatic rings. The smallest absolute Gasteiger partial charge is 0.334 e. The Bertz CT molecular complexity index is 551. The number of nitrogens with zero attached hydrogens (tertiary/aromatic N) is 1. The average Bonchev–Trinajstić information content (AvgIpc) is 2.40. The standard InChI is InChI=1S/C13H13BrFNO4/c1-7-5-16(6-11(20-7)13(18)19)12(17)9-4-8(15)2-3-10(9)14/h2-4,7,11H,5-6H2,1H3,(H,18,19)/t7-,11?/m1/s1. The van der Waals surface area contributed by atoms with Crippen molar-refractivity contribution in [1.82, 2.24) is 4.90 Å². The van der Waals surface area contributed by atoms with Gasteiger partial charge in [0.2, 0.25) is 0 Å². The second kappa shape index (κ2) is 5.88. The number of morpholine rings is 1. The van der Waals surface area contributed by atoms with Gasteiger partial charge in [-0.15, -0.1) is 0 Å². The zero-order valence-corrected chi connectivity index (χ0v) is 12.3. The fraction of sp³-hybridized carbons (Fsp3) is 0.385. The molecule has 0 spiro atoms. The molecule has 0 saturated carbocycles. The van der Waals surface area contributed by atoms with Gasteiger partial charge in [-0.1, -0.05) is 0 Å². The van der Waals surface area contributed by atoms with Crippen molar-refractivity contribution >= 4 is 27.8 Å². The van der Waals surface area contributed by atoms with E-state index in [9.17, 15) is 14.0 Å². The molecule has 0 radical (unpaired) electrons. The van der Waals surface area contributed by atoms with E-state index in [4.69, 9.17) is 9.84 Å². The van der Waals surface area contributed by atoms with Crippen LogP contribution in [0.5, 0.6) is 0 Å². The molecule has 2 rings (SSSR count). The van der Waals surface area contributed by atoms with Crippen LogP contribution in [0.4, 0.5) is 4.39 Å². The number of carbonyl (C=O) groups excluding carboxylic acids is 1. The molecule has 1 fully saturated rings. The lowest BCUT2D eigenvalue weighted by Gasteiger charge is -2.35. The highest BCUT2D eigenvalue weighted by atomic mass is 79.9. The molecule has 1 unspecified atom stereocenters. The van der Waals surface area contributed by atoms with Crippen molar-refractivity contribution in [3.63, 3.8) is 0 Å². The van der Waals surface area contributed by atoms with Crippen LogP contribution in [-0.4, -0.2) is 47.2 Å². The molecule has 20 heavy (non-hydrogen) atoms. The predicted molar refractivity (Wildman–Crippen MR) is 72.0 cm³/mol. The number of carboxylic acids is 1. The number of amides is 1. The van der Waals surface area contributed by atoms with Crippen LogP contribution >= 0.6 is 15.9 Å². The molecular formula is C13H13BrFNO4. The zero-order valence-electron chi connectivity index (χ0n) is 10.7. The Morgan fingerprint density at radius 2 is 2.15 bits per heavy atom. The third-order valence-corrected chi connectivity index (χ3v) is 3.67. The molecule has 1 amide bonds. The van der Waals surface area contributed by atoms with E-state index in [1.807, 2.05) is 0 Å². The predicted octanol–water partition coefficient (Wildman–Crippen LogP) is 1.90. The van der Waals surface area contributed by atoms with E-state index in [-0.39, 0.29) is 24.8 Å². The molecule has 1 aliphatic rings. The van der Waals surface area contributed by atoms with Crippen molar-refractivity contribution in [2.45, 2.75) is 19.1 Å². The number of benzene rings is 1. The lowest BCUT2D eigenvalue weighted by molar-refractivity contribution is -0.160. The molecule has 1 N–H and O–H groups in total. The molecule has 1 heterocycles. The molecule has 0 bridgehead atoms. The minimum absolute atomic E-state index is 0.0541. The van der Waals surface area contributed by atoms with Crippen LogP contribution in [0, 0.1) is 5.82 Å². The van der Waals surface area contributed by atoms with Crippen molar-refractivity contribution in [2.75, 3.05) is 13.1 Å². The summed E-state index contributed by atoms with van der Waals surface area (Å²) in [5, 5.41) is 8.99. The Kier molecular flexibility index (Phi) is 4.39. The van der Waals surface area contributed by atoms with Crippen LogP contribution in [-0.2, 0) is 9.53 Å². The van der Waals surface area contributed by atoms with Gasteiger partial charge in [0.15, 0.2) is 6.10 Å². The van der Waals surface area contributed by atoms with Gasteiger partial charge >= 0.3 is 5.97 Å². The Labute approximate surface area is 123 Å². The van der Waals surface area contributed by atoms with Crippen molar-refractivity contribution in [1.29, 1.82) is 0 Å². The van der Waals surface area contributed by atoms with Gasteiger partial charge in [0.1, 0.15) is 5.82 Å². The molecular weight excluding hydrogens is 333 g/mol. The fourth-order valence-corrected chi connectivity index (χ4v) is 2.50. The van der Waals surface area contributed by atoms with E-state index in [2.05, 4.69) is 15.9 Å². The second-order valence-corrected chi connectivity index (χ2v) is 5.46. The Balaban J connectivity index is 2.23. The van der Waals surface area contributed by atoms with Crippen molar-refractivity contribution in [2.24, 2.45) is 0 Å². The molecule has 5 nitrogen and oxygen atoms in total. The van der Waals surface area contributed by atoms with Crippen molar-refractivity contribution < 1.29 is 23.8 Å². The van der Waals surface area contributed by atoms with Gasteiger partial charge in [-0.05, 0) is 41.1 Å². The van der Waals surface area contributed by atoms with Gasteiger partial charge in [0, 0.05) is 11.0 Å². The van der Waals surface area contributed by atoms with Gasteiger partial charge in [-0.3, -0.25) is 4.79 Å². The second-order valence-electron chi connectivity index (χ2n) is 4.61. The fourth-order valence-electron chi connectivity index (χ4n) is 2.09. The molecule has 2 atom stereocenters. The third-order valence-electron chi connectivity index (χ3n) is 2.98. The van der Waals surface area contributed by atoms with E-state index in [0.717, 1.165) is 6.07 Å². The minimum atomic E-state index is -1.12. The monoisotopic (exact) mass is 345 g/mol. The summed E-state index contributed by atoms with van der Waals surface area (Å²) in [7, 11) is 0. The normalized spacial score (nSPS) is 22.6. The number of rotatable bonds is 2. The maximum atomic E-state index is 13.2. The minimum Gasteiger partial charge on any atom is -0.479 e. The molecule has 1 aliphatic heterocycles. The summed E-state index contributed by atoms with van der Waals surface area (Å²) in [4.78, 5) is 24.7. The van der Waals surface area contributed by atoms with E-state index in [0.29, 0.717) is 4.47 Å². The molecule has 108 valence electrons. The molecule has 1 aromatic carbocycles. The highest BCUT2D eigenvalue weighted by Crippen LogP contribution is 2.22. The highest BCUT2D eigenvalue weighted by molar-refractivity contribution is 9.10. The topological polar surface area (TPSA) is 66.8 Å². The summed E-state index contributed by atoms with van der Waals surface area (Å²) in [6.45, 7) is 1.91. The van der Waals surface area contributed by atoms with E-state index < -0.39 is 23.8 Å². The van der Waals surface area contributed by atoms with Crippen LogP contribution < -0.4 is 0 Å². The van der Waals surface area contributed by atoms with Crippen LogP contribution in [0.3, 0.4) is 0 Å². The summed E-state index contributed by atoms with van der Waals surface area (Å²) in [5.41, 5.74) is 0.170. The van der Waals surface area contributed by atoms with Crippen LogP contribution in [0.1, 0.15) is 17.3 Å². The lowest BCUT2D eigenvalue weighted by atomic mass is 10.1. The van der Waals surface area contributed by atoms with E-state index in [1.165, 1.54) is 17.0 Å². The van der Waals surface area contributed by atoms with Crippen molar-refractivity contribution in [3.05, 3.63) is 34.1 Å². The maximum absolute atomic E-state index is 13.2. The Morgan fingerprint density at radius 3 is 2.80 bits per heavy atom. The first kappa shape index (κ1) is 14.9. The molecule has 7 heteroatoms. The summed E-state index contributed by atoms with van der Waals surface area (Å²) < 4.78 is 19.0. The third kappa shape index (κ3) is 3.16. The van der Waals surface area contributed by atoms with Gasteiger partial charge in [0.05, 0.1) is 18.2 Å². The Morgan fingerprint density at radius 1 is 1.45 bits per heavy atom. The van der Waals surface area contributed by atoms with Crippen LogP contribution in [0.2, 0.25) is 0 Å². The SMILES string of the molecule is C[C@@H]1CN(C(=O)c2cc(F)ccc2Br)CC(C(=O)O)O1. The van der Waals surface area contributed by atoms with E-state index >= 15 is 0 Å². The summed E-state index contributed by atoms with van der Waals surface area (Å²) in [6, 6.07) is 3.81. The highest BCUT2D eigenvalue weighted by Gasteiger charge is 2.33. The number of carbonyl (C=O) groups is 2. The number of halogens is 2. The van der Waals surface area contributed by atoms with Crippen LogP contribution in [0.25, 0.3) is 0 Å². The number of hydrogen-bond acceptors (Lipinski definition) is 3. The van der Waals surface area contributed by atoms with Crippen molar-refractivity contribution in [3.8, 4) is 0 Å². The number of carboxylic acid groups (broad SMARTS) is 1. The largest absolute Gasteiger partial charge is 0.479 e. The Hall–Kier alpha value is -1.47. The number of ether oxygens (including phenoxy) is 1. The first-order chi connectivity index (χ1) is 9.38. The maximum Gasteiger partial charge on any atom is 0.334 e. The first-order valence-electron chi connectivity index (χ1n) is 6.01. The average molecular weight is 346 g/mol. The van der Waals surface area contributed by atoms with Gasteiger partial charge in [-0.2, -0.15) is 0 Å². The van der Waals surface area contributed by atoms with Gasteiger partial charge in [0.25, 0.3) is 5.91 Å². The number of aliphatic carboxylic acids is 1. The molecule has 1 saturated heterocycles. The zero-order chi connectivity index (χ0) is 14.9. The molecule has 0 aromatic heterocycles. The first-order valence-corrected chi connectivity index (χ1v) is 6.80. The summed E-state index contributed by atoms with van der Waals surface area (Å²) in [6.07, 6.45) is -1.45. The van der Waals surface area contributed by atoms with Crippen LogP contribution in [0.15, 0.2) is 22.7 Å². The van der Waals surface area contributed by atoms with Gasteiger partial charge < -0.3 is 14.7 Å². The summed E-state index contributed by atoms with van der Waals surface area (Å²) >= 11 is 3.20. The lowest BCUT2D eigenvalue weighted by Crippen LogP contribution is -2.51. The van der Waals surface area contributed by atoms with Gasteiger partial charge in [-0.25, -0.2) is 9.18 Å². The summed E-state index contributed by atoms with van der Waals surface area (Å²) in [5.74, 6) is -2.06. The van der Waals surface area contributed by atoms with E-state index in [1.54, 1.807) is 6.92 Å². The number of hydrogen-bond donors (Lipinski definition) is 1. The molecule has 0 aliphatic carbocycles. The quantitative estimate of drug-likeness (QED) is 0.888.